The summed E-state index contributed by atoms with van der Waals surface area (Å²) in [6, 6.07) is 11.7. The third kappa shape index (κ3) is 2.87. The zero-order valence-corrected chi connectivity index (χ0v) is 12.2. The van der Waals surface area contributed by atoms with Gasteiger partial charge in [-0.3, -0.25) is 4.79 Å². The van der Waals surface area contributed by atoms with E-state index in [2.05, 4.69) is 13.0 Å². The van der Waals surface area contributed by atoms with Crippen LogP contribution in [0.4, 0.5) is 0 Å². The van der Waals surface area contributed by atoms with Gasteiger partial charge >= 0.3 is 0 Å². The normalized spacial score (nSPS) is 10.5. The first-order valence-electron chi connectivity index (χ1n) is 6.43. The molecular formula is C17H17ClO. The van der Waals surface area contributed by atoms with Crippen LogP contribution in [0.1, 0.15) is 34.8 Å². The zero-order valence-electron chi connectivity index (χ0n) is 11.5. The Labute approximate surface area is 119 Å². The van der Waals surface area contributed by atoms with Crippen LogP contribution in [0.3, 0.4) is 0 Å². The first-order valence-corrected chi connectivity index (χ1v) is 6.81. The fourth-order valence-electron chi connectivity index (χ4n) is 2.07. The predicted molar refractivity (Wildman–Crippen MR) is 81.0 cm³/mol. The number of aryl methyl sites for hydroxylation is 2. The molecule has 0 aliphatic rings. The van der Waals surface area contributed by atoms with Crippen molar-refractivity contribution in [2.75, 3.05) is 0 Å². The van der Waals surface area contributed by atoms with Gasteiger partial charge in [0, 0.05) is 22.6 Å². The number of carbonyl (C=O) groups excluding carboxylic acids is 1. The number of hydrogen-bond donors (Lipinski definition) is 0. The maximum atomic E-state index is 11.8. The summed E-state index contributed by atoms with van der Waals surface area (Å²) in [5.74, 6) is 0.154. The molecule has 0 unspecified atom stereocenters. The monoisotopic (exact) mass is 272 g/mol. The highest BCUT2D eigenvalue weighted by atomic mass is 35.5. The van der Waals surface area contributed by atoms with Crippen molar-refractivity contribution >= 4 is 17.4 Å². The lowest BCUT2D eigenvalue weighted by Gasteiger charge is -2.10. The van der Waals surface area contributed by atoms with Crippen molar-refractivity contribution in [2.24, 2.45) is 0 Å². The van der Waals surface area contributed by atoms with Crippen molar-refractivity contribution in [2.45, 2.75) is 27.2 Å². The quantitative estimate of drug-likeness (QED) is 0.701. The van der Waals surface area contributed by atoms with E-state index >= 15 is 0 Å². The first-order chi connectivity index (χ1) is 9.02. The maximum absolute atomic E-state index is 11.8. The van der Waals surface area contributed by atoms with Crippen molar-refractivity contribution < 1.29 is 4.79 Å². The van der Waals surface area contributed by atoms with Gasteiger partial charge in [-0.25, -0.2) is 0 Å². The second-order valence-corrected chi connectivity index (χ2v) is 5.18. The van der Waals surface area contributed by atoms with Crippen LogP contribution in [0.5, 0.6) is 0 Å². The Balaban J connectivity index is 2.53. The minimum Gasteiger partial charge on any atom is -0.294 e. The molecule has 0 amide bonds. The molecule has 0 heterocycles. The lowest BCUT2D eigenvalue weighted by Crippen LogP contribution is -1.96. The Hall–Kier alpha value is -1.60. The largest absolute Gasteiger partial charge is 0.294 e. The Bertz CT molecular complexity index is 629. The number of ketones is 1. The highest BCUT2D eigenvalue weighted by Crippen LogP contribution is 2.31. The van der Waals surface area contributed by atoms with Gasteiger partial charge in [0.2, 0.25) is 0 Å². The summed E-state index contributed by atoms with van der Waals surface area (Å²) >= 11 is 6.32. The van der Waals surface area contributed by atoms with E-state index in [0.29, 0.717) is 6.42 Å². The number of halogens is 1. The molecule has 2 aromatic rings. The van der Waals surface area contributed by atoms with Gasteiger partial charge in [-0.05, 0) is 48.7 Å². The van der Waals surface area contributed by atoms with Crippen molar-refractivity contribution in [3.05, 3.63) is 58.1 Å². The molecule has 0 aliphatic carbocycles. The molecule has 0 fully saturated rings. The van der Waals surface area contributed by atoms with Crippen LogP contribution < -0.4 is 0 Å². The van der Waals surface area contributed by atoms with Crippen LogP contribution in [0.15, 0.2) is 36.4 Å². The molecule has 0 aliphatic heterocycles. The molecule has 1 nitrogen and oxygen atoms in total. The Morgan fingerprint density at radius 2 is 1.79 bits per heavy atom. The Morgan fingerprint density at radius 3 is 2.47 bits per heavy atom. The molecule has 0 aromatic heterocycles. The molecule has 0 saturated carbocycles. The summed E-state index contributed by atoms with van der Waals surface area (Å²) in [5, 5.41) is 0.726. The summed E-state index contributed by atoms with van der Waals surface area (Å²) in [6.07, 6.45) is 0.518. The number of carbonyl (C=O) groups is 1. The minimum atomic E-state index is 0.154. The average molecular weight is 273 g/mol. The smallest absolute Gasteiger partial charge is 0.162 e. The summed E-state index contributed by atoms with van der Waals surface area (Å²) in [4.78, 5) is 11.8. The highest BCUT2D eigenvalue weighted by molar-refractivity contribution is 6.33. The van der Waals surface area contributed by atoms with Gasteiger partial charge in [-0.15, -0.1) is 0 Å². The summed E-state index contributed by atoms with van der Waals surface area (Å²) in [5.41, 5.74) is 5.10. The fraction of sp³-hybridized carbons (Fsp3) is 0.235. The van der Waals surface area contributed by atoms with Crippen LogP contribution in [0.25, 0.3) is 11.1 Å². The molecule has 19 heavy (non-hydrogen) atoms. The van der Waals surface area contributed by atoms with Crippen LogP contribution in [-0.4, -0.2) is 5.78 Å². The van der Waals surface area contributed by atoms with Crippen LogP contribution in [-0.2, 0) is 0 Å². The molecule has 2 heteroatoms. The second kappa shape index (κ2) is 5.58. The lowest BCUT2D eigenvalue weighted by molar-refractivity contribution is 0.0988. The SMILES string of the molecule is CCC(=O)c1cccc(-c2cc(C)c(C)cc2Cl)c1. The topological polar surface area (TPSA) is 17.1 Å². The summed E-state index contributed by atoms with van der Waals surface area (Å²) in [6.45, 7) is 5.98. The molecule has 2 aromatic carbocycles. The van der Waals surface area contributed by atoms with Gasteiger partial charge in [0.15, 0.2) is 5.78 Å². The van der Waals surface area contributed by atoms with Crippen LogP contribution in [0, 0.1) is 13.8 Å². The molecule has 2 rings (SSSR count). The number of rotatable bonds is 3. The molecule has 0 N–H and O–H groups in total. The van der Waals surface area contributed by atoms with Crippen molar-refractivity contribution in [1.29, 1.82) is 0 Å². The van der Waals surface area contributed by atoms with Crippen molar-refractivity contribution in [3.63, 3.8) is 0 Å². The van der Waals surface area contributed by atoms with E-state index in [9.17, 15) is 4.79 Å². The zero-order chi connectivity index (χ0) is 14.0. The summed E-state index contributed by atoms with van der Waals surface area (Å²) < 4.78 is 0. The van der Waals surface area contributed by atoms with E-state index in [4.69, 9.17) is 11.6 Å². The molecule has 0 spiro atoms. The van der Waals surface area contributed by atoms with Gasteiger partial charge in [0.1, 0.15) is 0 Å². The fourth-order valence-corrected chi connectivity index (χ4v) is 2.39. The minimum absolute atomic E-state index is 0.154. The van der Waals surface area contributed by atoms with Gasteiger partial charge in [0.05, 0.1) is 0 Å². The van der Waals surface area contributed by atoms with E-state index < -0.39 is 0 Å². The van der Waals surface area contributed by atoms with Gasteiger partial charge in [-0.1, -0.05) is 36.7 Å². The summed E-state index contributed by atoms with van der Waals surface area (Å²) in [7, 11) is 0. The van der Waals surface area contributed by atoms with Crippen molar-refractivity contribution in [1.82, 2.24) is 0 Å². The third-order valence-corrected chi connectivity index (χ3v) is 3.71. The van der Waals surface area contributed by atoms with E-state index in [-0.39, 0.29) is 5.78 Å². The molecular weight excluding hydrogens is 256 g/mol. The van der Waals surface area contributed by atoms with E-state index in [1.807, 2.05) is 44.2 Å². The molecule has 0 atom stereocenters. The van der Waals surface area contributed by atoms with Gasteiger partial charge in [0.25, 0.3) is 0 Å². The Kier molecular flexibility index (Phi) is 4.06. The Morgan fingerprint density at radius 1 is 1.11 bits per heavy atom. The van der Waals surface area contributed by atoms with Gasteiger partial charge < -0.3 is 0 Å². The number of hydrogen-bond acceptors (Lipinski definition) is 1. The highest BCUT2D eigenvalue weighted by Gasteiger charge is 2.09. The average Bonchev–Trinajstić information content (AvgIpc) is 2.42. The first kappa shape index (κ1) is 13.8. The molecule has 0 saturated heterocycles. The lowest BCUT2D eigenvalue weighted by atomic mass is 9.97. The van der Waals surface area contributed by atoms with Crippen LogP contribution in [0.2, 0.25) is 5.02 Å². The van der Waals surface area contributed by atoms with E-state index in [1.165, 1.54) is 11.1 Å². The second-order valence-electron chi connectivity index (χ2n) is 4.77. The van der Waals surface area contributed by atoms with E-state index in [1.54, 1.807) is 0 Å². The predicted octanol–water partition coefficient (Wildman–Crippen LogP) is 5.22. The molecule has 0 bridgehead atoms. The van der Waals surface area contributed by atoms with E-state index in [0.717, 1.165) is 21.7 Å². The number of Topliss-reactive ketones (excluding diaryl/α,β-unsaturated/α-hetero) is 1. The third-order valence-electron chi connectivity index (χ3n) is 3.40. The maximum Gasteiger partial charge on any atom is 0.162 e. The van der Waals surface area contributed by atoms with Gasteiger partial charge in [-0.2, -0.15) is 0 Å². The van der Waals surface area contributed by atoms with Crippen molar-refractivity contribution in [3.8, 4) is 11.1 Å². The molecule has 98 valence electrons. The molecule has 0 radical (unpaired) electrons. The number of benzene rings is 2. The van der Waals surface area contributed by atoms with Crippen LogP contribution >= 0.6 is 11.6 Å². The standard InChI is InChI=1S/C17H17ClO/c1-4-17(19)14-7-5-6-13(10-14)15-8-11(2)12(3)9-16(15)18/h5-10H,4H2,1-3H3.